The molecule has 6 heteroatoms. The molecule has 0 atom stereocenters. The van der Waals surface area contributed by atoms with Crippen molar-refractivity contribution in [2.75, 3.05) is 27.2 Å². The number of hydrogen-bond acceptors (Lipinski definition) is 4. The van der Waals surface area contributed by atoms with E-state index in [1.165, 1.54) is 16.8 Å². The van der Waals surface area contributed by atoms with E-state index in [0.29, 0.717) is 13.1 Å². The third-order valence-corrected chi connectivity index (χ3v) is 2.47. The molecule has 1 aromatic heterocycles. The van der Waals surface area contributed by atoms with Gasteiger partial charge in [0.25, 0.3) is 11.5 Å². The second-order valence-corrected chi connectivity index (χ2v) is 4.29. The number of hydrogen-bond donors (Lipinski definition) is 1. The number of carbonyl (C=O) groups excluding carboxylic acids is 1. The number of nitrogens with one attached hydrogen (secondary N) is 1. The Bertz CT molecular complexity index is 454. The minimum atomic E-state index is -0.240. The lowest BCUT2D eigenvalue weighted by molar-refractivity contribution is 0.0945. The van der Waals surface area contributed by atoms with Crippen LogP contribution in [0.4, 0.5) is 0 Å². The number of carbonyl (C=O) groups is 1. The van der Waals surface area contributed by atoms with Crippen molar-refractivity contribution in [1.82, 2.24) is 20.0 Å². The van der Waals surface area contributed by atoms with Gasteiger partial charge in [0.05, 0.1) is 0 Å². The lowest BCUT2D eigenvalue weighted by Gasteiger charge is -2.10. The van der Waals surface area contributed by atoms with Gasteiger partial charge in [0, 0.05) is 19.2 Å². The molecule has 0 spiro atoms. The van der Waals surface area contributed by atoms with Crippen LogP contribution in [0.5, 0.6) is 0 Å². The molecule has 1 heterocycles. The largest absolute Gasteiger partial charge is 0.351 e. The summed E-state index contributed by atoms with van der Waals surface area (Å²) in [7, 11) is 3.97. The fourth-order valence-electron chi connectivity index (χ4n) is 1.48. The van der Waals surface area contributed by atoms with Crippen LogP contribution in [0.1, 0.15) is 23.8 Å². The maximum absolute atomic E-state index is 11.8. The summed E-state index contributed by atoms with van der Waals surface area (Å²) in [6.45, 7) is 3.79. The van der Waals surface area contributed by atoms with Crippen molar-refractivity contribution < 1.29 is 4.79 Å². The van der Waals surface area contributed by atoms with Crippen LogP contribution >= 0.6 is 0 Å². The lowest BCUT2D eigenvalue weighted by Crippen LogP contribution is -2.30. The highest BCUT2D eigenvalue weighted by atomic mass is 16.2. The van der Waals surface area contributed by atoms with E-state index in [9.17, 15) is 9.59 Å². The molecule has 0 bridgehead atoms. The molecule has 0 aliphatic rings. The Labute approximate surface area is 107 Å². The van der Waals surface area contributed by atoms with E-state index in [4.69, 9.17) is 0 Å². The van der Waals surface area contributed by atoms with E-state index in [0.717, 1.165) is 13.0 Å². The Morgan fingerprint density at radius 2 is 2.17 bits per heavy atom. The van der Waals surface area contributed by atoms with Gasteiger partial charge in [0.2, 0.25) is 0 Å². The van der Waals surface area contributed by atoms with Crippen molar-refractivity contribution in [3.63, 3.8) is 0 Å². The minimum absolute atomic E-state index is 0.193. The van der Waals surface area contributed by atoms with Crippen LogP contribution in [0, 0.1) is 0 Å². The average Bonchev–Trinajstić information content (AvgIpc) is 2.34. The predicted molar refractivity (Wildman–Crippen MR) is 69.7 cm³/mol. The number of rotatable bonds is 6. The number of nitrogens with zero attached hydrogens (tertiary/aromatic N) is 3. The third kappa shape index (κ3) is 4.29. The lowest BCUT2D eigenvalue weighted by atomic mass is 10.3. The van der Waals surface area contributed by atoms with E-state index in [1.807, 2.05) is 21.0 Å². The summed E-state index contributed by atoms with van der Waals surface area (Å²) >= 11 is 0. The molecule has 18 heavy (non-hydrogen) atoms. The van der Waals surface area contributed by atoms with E-state index in [2.05, 4.69) is 15.3 Å². The number of aryl methyl sites for hydroxylation is 1. The Hall–Kier alpha value is -1.69. The summed E-state index contributed by atoms with van der Waals surface area (Å²) in [6.07, 6.45) is 0.881. The Balaban J connectivity index is 2.54. The zero-order valence-electron chi connectivity index (χ0n) is 11.1. The zero-order chi connectivity index (χ0) is 13.5. The normalized spacial score (nSPS) is 10.7. The van der Waals surface area contributed by atoms with Gasteiger partial charge in [-0.2, -0.15) is 5.10 Å². The Kier molecular flexibility index (Phi) is 5.51. The van der Waals surface area contributed by atoms with Crippen molar-refractivity contribution in [2.24, 2.45) is 0 Å². The van der Waals surface area contributed by atoms with Crippen molar-refractivity contribution in [2.45, 2.75) is 19.9 Å². The highest BCUT2D eigenvalue weighted by Gasteiger charge is 2.08. The minimum Gasteiger partial charge on any atom is -0.351 e. The van der Waals surface area contributed by atoms with Crippen LogP contribution in [0.3, 0.4) is 0 Å². The molecule has 1 N–H and O–H groups in total. The van der Waals surface area contributed by atoms with Crippen LogP contribution in [-0.2, 0) is 6.54 Å². The maximum atomic E-state index is 11.8. The van der Waals surface area contributed by atoms with Crippen LogP contribution < -0.4 is 10.9 Å². The van der Waals surface area contributed by atoms with Crippen molar-refractivity contribution in [3.05, 3.63) is 28.2 Å². The molecule has 0 unspecified atom stereocenters. The Morgan fingerprint density at radius 3 is 2.78 bits per heavy atom. The quantitative estimate of drug-likeness (QED) is 0.721. The van der Waals surface area contributed by atoms with Gasteiger partial charge in [0.15, 0.2) is 0 Å². The first-order valence-electron chi connectivity index (χ1n) is 6.05. The van der Waals surface area contributed by atoms with Gasteiger partial charge < -0.3 is 10.2 Å². The van der Waals surface area contributed by atoms with Gasteiger partial charge >= 0.3 is 0 Å². The second kappa shape index (κ2) is 6.90. The molecular formula is C12H20N4O2. The molecule has 1 rings (SSSR count). The summed E-state index contributed by atoms with van der Waals surface area (Å²) in [5, 5.41) is 6.77. The molecule has 1 amide bonds. The highest BCUT2D eigenvalue weighted by Crippen LogP contribution is 1.91. The zero-order valence-corrected chi connectivity index (χ0v) is 11.1. The van der Waals surface area contributed by atoms with Gasteiger partial charge in [-0.3, -0.25) is 9.59 Å². The van der Waals surface area contributed by atoms with E-state index >= 15 is 0 Å². The van der Waals surface area contributed by atoms with Crippen molar-refractivity contribution in [3.8, 4) is 0 Å². The van der Waals surface area contributed by atoms with Gasteiger partial charge in [-0.1, -0.05) is 0 Å². The molecule has 0 aromatic carbocycles. The van der Waals surface area contributed by atoms with Crippen LogP contribution in [0.15, 0.2) is 16.9 Å². The molecule has 6 nitrogen and oxygen atoms in total. The first-order chi connectivity index (χ1) is 8.54. The number of amides is 1. The van der Waals surface area contributed by atoms with Gasteiger partial charge in [0.1, 0.15) is 5.69 Å². The van der Waals surface area contributed by atoms with Crippen LogP contribution in [-0.4, -0.2) is 47.8 Å². The first-order valence-corrected chi connectivity index (χ1v) is 6.05. The monoisotopic (exact) mass is 252 g/mol. The average molecular weight is 252 g/mol. The SMILES string of the molecule is CCn1nc(C(=O)NCCCN(C)C)ccc1=O. The molecule has 0 saturated carbocycles. The first kappa shape index (κ1) is 14.4. The summed E-state index contributed by atoms with van der Waals surface area (Å²) in [5.41, 5.74) is 0.0861. The van der Waals surface area contributed by atoms with E-state index < -0.39 is 0 Å². The Morgan fingerprint density at radius 1 is 1.44 bits per heavy atom. The molecule has 1 aromatic rings. The molecule has 0 aliphatic carbocycles. The van der Waals surface area contributed by atoms with Gasteiger partial charge in [-0.25, -0.2) is 4.68 Å². The summed E-state index contributed by atoms with van der Waals surface area (Å²) < 4.78 is 1.27. The molecule has 100 valence electrons. The standard InChI is InChI=1S/C12H20N4O2/c1-4-16-11(17)7-6-10(14-16)12(18)13-8-5-9-15(2)3/h6-7H,4-5,8-9H2,1-3H3,(H,13,18). The highest BCUT2D eigenvalue weighted by molar-refractivity contribution is 5.91. The summed E-state index contributed by atoms with van der Waals surface area (Å²) in [5.74, 6) is -0.240. The molecule has 0 radical (unpaired) electrons. The third-order valence-electron chi connectivity index (χ3n) is 2.47. The smallest absolute Gasteiger partial charge is 0.271 e. The van der Waals surface area contributed by atoms with Crippen LogP contribution in [0.2, 0.25) is 0 Å². The predicted octanol–water partition coefficient (Wildman–Crippen LogP) is -0.0553. The molecule has 0 aliphatic heterocycles. The maximum Gasteiger partial charge on any atom is 0.271 e. The fraction of sp³-hybridized carbons (Fsp3) is 0.583. The van der Waals surface area contributed by atoms with E-state index in [-0.39, 0.29) is 17.2 Å². The molecule has 0 saturated heterocycles. The summed E-state index contributed by atoms with van der Waals surface area (Å²) in [6, 6.07) is 2.82. The second-order valence-electron chi connectivity index (χ2n) is 4.29. The summed E-state index contributed by atoms with van der Waals surface area (Å²) in [4.78, 5) is 25.1. The molecular weight excluding hydrogens is 232 g/mol. The fourth-order valence-corrected chi connectivity index (χ4v) is 1.48. The van der Waals surface area contributed by atoms with Crippen LogP contribution in [0.25, 0.3) is 0 Å². The molecule has 0 fully saturated rings. The van der Waals surface area contributed by atoms with E-state index in [1.54, 1.807) is 0 Å². The number of aromatic nitrogens is 2. The van der Waals surface area contributed by atoms with Crippen molar-refractivity contribution in [1.29, 1.82) is 0 Å². The topological polar surface area (TPSA) is 67.2 Å². The van der Waals surface area contributed by atoms with Gasteiger partial charge in [-0.15, -0.1) is 0 Å². The van der Waals surface area contributed by atoms with Crippen molar-refractivity contribution >= 4 is 5.91 Å². The van der Waals surface area contributed by atoms with Gasteiger partial charge in [-0.05, 0) is 40.1 Å².